The minimum atomic E-state index is -4.47. The quantitative estimate of drug-likeness (QED) is 0.481. The van der Waals surface area contributed by atoms with E-state index in [1.54, 1.807) is 31.2 Å². The number of ether oxygens (including phenoxy) is 1. The number of halogens is 3. The Kier molecular flexibility index (Phi) is 7.48. The smallest absolute Gasteiger partial charge is 0.416 e. The molecule has 0 saturated carbocycles. The predicted molar refractivity (Wildman–Crippen MR) is 126 cm³/mol. The Balaban J connectivity index is 1.58. The van der Waals surface area contributed by atoms with Gasteiger partial charge in [0, 0.05) is 29.9 Å². The minimum absolute atomic E-state index is 0.00370. The van der Waals surface area contributed by atoms with Gasteiger partial charge in [-0.25, -0.2) is 0 Å². The maximum Gasteiger partial charge on any atom is 0.416 e. The zero-order chi connectivity index (χ0) is 24.8. The van der Waals surface area contributed by atoms with Gasteiger partial charge in [0.2, 0.25) is 5.95 Å². The number of aromatic nitrogens is 3. The number of carbonyl (C=O) groups is 1. The first kappa shape index (κ1) is 24.4. The van der Waals surface area contributed by atoms with Crippen molar-refractivity contribution < 1.29 is 22.7 Å². The first-order valence-electron chi connectivity index (χ1n) is 11.6. The molecule has 0 unspecified atom stereocenters. The molecule has 7 nitrogen and oxygen atoms in total. The maximum atomic E-state index is 13.1. The second-order valence-corrected chi connectivity index (χ2v) is 8.19. The molecule has 10 heteroatoms. The number of alkyl halides is 3. The van der Waals surface area contributed by atoms with Crippen LogP contribution in [0.1, 0.15) is 48.5 Å². The number of nitrogens with zero attached hydrogens (tertiary/aromatic N) is 4. The van der Waals surface area contributed by atoms with Crippen LogP contribution in [-0.2, 0) is 6.18 Å². The lowest BCUT2D eigenvalue weighted by Crippen LogP contribution is -2.31. The average molecular weight is 486 g/mol. The van der Waals surface area contributed by atoms with E-state index in [4.69, 9.17) is 4.74 Å². The van der Waals surface area contributed by atoms with Gasteiger partial charge in [-0.2, -0.15) is 28.1 Å². The molecule has 1 N–H and O–H groups in total. The van der Waals surface area contributed by atoms with Crippen molar-refractivity contribution in [2.45, 2.75) is 38.8 Å². The highest BCUT2D eigenvalue weighted by atomic mass is 19.4. The number of hydrogen-bond acceptors (Lipinski definition) is 6. The fraction of sp³-hybridized carbons (Fsp3) is 0.360. The van der Waals surface area contributed by atoms with Crippen LogP contribution in [0.15, 0.2) is 48.5 Å². The Morgan fingerprint density at radius 3 is 2.37 bits per heavy atom. The van der Waals surface area contributed by atoms with Gasteiger partial charge in [-0.1, -0.05) is 31.0 Å². The summed E-state index contributed by atoms with van der Waals surface area (Å²) in [5.41, 5.74) is 0.592. The number of hydrogen-bond donors (Lipinski definition) is 1. The molecule has 35 heavy (non-hydrogen) atoms. The number of rotatable bonds is 6. The molecule has 184 valence electrons. The Bertz CT molecular complexity index is 1160. The van der Waals surface area contributed by atoms with Crippen LogP contribution < -0.4 is 10.1 Å². The number of carbonyl (C=O) groups excluding carboxylic acids is 1. The number of amides is 1. The summed E-state index contributed by atoms with van der Waals surface area (Å²) in [6, 6.07) is 11.7. The molecular weight excluding hydrogens is 459 g/mol. The van der Waals surface area contributed by atoms with Gasteiger partial charge >= 0.3 is 12.2 Å². The van der Waals surface area contributed by atoms with Crippen molar-refractivity contribution in [1.29, 1.82) is 0 Å². The van der Waals surface area contributed by atoms with E-state index in [1.807, 2.05) is 4.90 Å². The van der Waals surface area contributed by atoms with Crippen molar-refractivity contribution >= 4 is 17.5 Å². The molecule has 3 aromatic rings. The molecule has 0 bridgehead atoms. The fourth-order valence-electron chi connectivity index (χ4n) is 3.86. The van der Waals surface area contributed by atoms with Crippen molar-refractivity contribution in [3.63, 3.8) is 0 Å². The third-order valence-corrected chi connectivity index (χ3v) is 5.62. The van der Waals surface area contributed by atoms with E-state index in [-0.39, 0.29) is 29.4 Å². The first-order valence-corrected chi connectivity index (χ1v) is 11.6. The monoisotopic (exact) mass is 485 g/mol. The van der Waals surface area contributed by atoms with Crippen LogP contribution in [0.3, 0.4) is 0 Å². The number of likely N-dealkylation sites (tertiary alicyclic amines) is 1. The van der Waals surface area contributed by atoms with E-state index < -0.39 is 11.7 Å². The Hall–Kier alpha value is -3.69. The molecule has 0 aliphatic carbocycles. The highest BCUT2D eigenvalue weighted by molar-refractivity contribution is 5.94. The SMILES string of the molecule is CCOc1nc(Nc2cccc(C(F)(F)F)c2)nc(-c2ccc(C(=O)N3CCCCCC3)cc2)n1. The highest BCUT2D eigenvalue weighted by Crippen LogP contribution is 2.31. The Morgan fingerprint density at radius 1 is 1.00 bits per heavy atom. The standard InChI is InChI=1S/C25H26F3N5O2/c1-2-35-24-31-21(30-23(32-24)29-20-9-7-8-19(16-20)25(26,27)28)17-10-12-18(13-11-17)22(34)33-14-5-3-4-6-15-33/h7-13,16H,2-6,14-15H2,1H3,(H,29,30,31,32). The van der Waals surface area contributed by atoms with Crippen LogP contribution in [0.25, 0.3) is 11.4 Å². The van der Waals surface area contributed by atoms with Crippen LogP contribution in [0.2, 0.25) is 0 Å². The van der Waals surface area contributed by atoms with E-state index >= 15 is 0 Å². The van der Waals surface area contributed by atoms with Crippen LogP contribution in [-0.4, -0.2) is 45.5 Å². The first-order chi connectivity index (χ1) is 16.8. The van der Waals surface area contributed by atoms with E-state index in [9.17, 15) is 18.0 Å². The van der Waals surface area contributed by atoms with E-state index in [0.29, 0.717) is 17.7 Å². The van der Waals surface area contributed by atoms with Crippen molar-refractivity contribution in [2.75, 3.05) is 25.0 Å². The van der Waals surface area contributed by atoms with Crippen molar-refractivity contribution in [3.8, 4) is 17.4 Å². The molecule has 4 rings (SSSR count). The number of anilines is 2. The number of nitrogens with one attached hydrogen (secondary N) is 1. The Labute approximate surface area is 201 Å². The summed E-state index contributed by atoms with van der Waals surface area (Å²) >= 11 is 0. The molecule has 1 fully saturated rings. The van der Waals surface area contributed by atoms with Crippen LogP contribution >= 0.6 is 0 Å². The molecule has 2 heterocycles. The van der Waals surface area contributed by atoms with Crippen molar-refractivity contribution in [3.05, 3.63) is 59.7 Å². The third-order valence-electron chi connectivity index (χ3n) is 5.62. The lowest BCUT2D eigenvalue weighted by molar-refractivity contribution is -0.137. The largest absolute Gasteiger partial charge is 0.464 e. The summed E-state index contributed by atoms with van der Waals surface area (Å²) < 4.78 is 44.6. The summed E-state index contributed by atoms with van der Waals surface area (Å²) in [4.78, 5) is 27.6. The average Bonchev–Trinajstić information content (AvgIpc) is 3.13. The fourth-order valence-corrected chi connectivity index (χ4v) is 3.86. The van der Waals surface area contributed by atoms with Crippen LogP contribution in [0.5, 0.6) is 6.01 Å². The molecule has 0 radical (unpaired) electrons. The van der Waals surface area contributed by atoms with E-state index in [1.165, 1.54) is 12.1 Å². The summed E-state index contributed by atoms with van der Waals surface area (Å²) in [6.45, 7) is 3.59. The lowest BCUT2D eigenvalue weighted by atomic mass is 10.1. The highest BCUT2D eigenvalue weighted by Gasteiger charge is 2.30. The molecular formula is C25H26F3N5O2. The molecule has 1 aliphatic heterocycles. The van der Waals surface area contributed by atoms with Gasteiger partial charge in [-0.15, -0.1) is 0 Å². The molecule has 1 saturated heterocycles. The van der Waals surface area contributed by atoms with Gasteiger partial charge in [0.25, 0.3) is 5.91 Å². The lowest BCUT2D eigenvalue weighted by Gasteiger charge is -2.20. The molecule has 2 aromatic carbocycles. The van der Waals surface area contributed by atoms with Gasteiger partial charge < -0.3 is 15.0 Å². The molecule has 1 aromatic heterocycles. The second-order valence-electron chi connectivity index (χ2n) is 8.19. The van der Waals surface area contributed by atoms with Gasteiger partial charge in [0.05, 0.1) is 12.2 Å². The van der Waals surface area contributed by atoms with Crippen molar-refractivity contribution in [1.82, 2.24) is 19.9 Å². The zero-order valence-electron chi connectivity index (χ0n) is 19.3. The van der Waals surface area contributed by atoms with E-state index in [2.05, 4.69) is 20.3 Å². The second kappa shape index (κ2) is 10.7. The van der Waals surface area contributed by atoms with Gasteiger partial charge in [-0.3, -0.25) is 4.79 Å². The topological polar surface area (TPSA) is 80.2 Å². The van der Waals surface area contributed by atoms with Crippen LogP contribution in [0.4, 0.5) is 24.8 Å². The zero-order valence-corrected chi connectivity index (χ0v) is 19.3. The Morgan fingerprint density at radius 2 is 1.71 bits per heavy atom. The van der Waals surface area contributed by atoms with Gasteiger partial charge in [0.15, 0.2) is 5.82 Å². The van der Waals surface area contributed by atoms with Crippen molar-refractivity contribution in [2.24, 2.45) is 0 Å². The predicted octanol–water partition coefficient (Wildman–Crippen LogP) is 5.72. The summed E-state index contributed by atoms with van der Waals surface area (Å²) in [5, 5.41) is 2.80. The summed E-state index contributed by atoms with van der Waals surface area (Å²) in [5.74, 6) is 0.310. The minimum Gasteiger partial charge on any atom is -0.464 e. The summed E-state index contributed by atoms with van der Waals surface area (Å²) in [6.07, 6.45) is -0.166. The summed E-state index contributed by atoms with van der Waals surface area (Å²) in [7, 11) is 0. The molecule has 0 atom stereocenters. The maximum absolute atomic E-state index is 13.1. The molecule has 0 spiro atoms. The van der Waals surface area contributed by atoms with Crippen LogP contribution in [0, 0.1) is 0 Å². The van der Waals surface area contributed by atoms with E-state index in [0.717, 1.165) is 50.9 Å². The van der Waals surface area contributed by atoms with Gasteiger partial charge in [-0.05, 0) is 50.1 Å². The molecule has 1 aliphatic rings. The van der Waals surface area contributed by atoms with Gasteiger partial charge in [0.1, 0.15) is 0 Å². The molecule has 1 amide bonds. The number of benzene rings is 2. The normalized spacial score (nSPS) is 14.3. The third kappa shape index (κ3) is 6.26.